The summed E-state index contributed by atoms with van der Waals surface area (Å²) in [4.78, 5) is 0. The summed E-state index contributed by atoms with van der Waals surface area (Å²) in [6.07, 6.45) is 3.97. The van der Waals surface area contributed by atoms with Gasteiger partial charge in [0.1, 0.15) is 0 Å². The van der Waals surface area contributed by atoms with Crippen molar-refractivity contribution in [1.82, 2.24) is 9.62 Å². The van der Waals surface area contributed by atoms with Gasteiger partial charge in [-0.3, -0.25) is 0 Å². The van der Waals surface area contributed by atoms with Crippen LogP contribution < -0.4 is 5.32 Å². The summed E-state index contributed by atoms with van der Waals surface area (Å²) < 4.78 is 25.1. The minimum Gasteiger partial charge on any atom is -0.313 e. The molecule has 1 heterocycles. The molecule has 0 aromatic carbocycles. The van der Waals surface area contributed by atoms with Gasteiger partial charge in [0.15, 0.2) is 0 Å². The molecule has 82 valence electrons. The van der Waals surface area contributed by atoms with Gasteiger partial charge in [-0.05, 0) is 32.2 Å². The highest BCUT2D eigenvalue weighted by molar-refractivity contribution is 7.90. The first-order valence-corrected chi connectivity index (χ1v) is 6.79. The van der Waals surface area contributed by atoms with Gasteiger partial charge in [0, 0.05) is 19.6 Å². The molecule has 14 heavy (non-hydrogen) atoms. The summed E-state index contributed by atoms with van der Waals surface area (Å²) in [5.74, 6) is 0. The van der Waals surface area contributed by atoms with Gasteiger partial charge in [0.2, 0.25) is 10.0 Å². The third kappa shape index (κ3) is 2.10. The Bertz CT molecular complexity index is 292. The molecule has 1 saturated heterocycles. The molecule has 1 saturated carbocycles. The molecule has 1 aliphatic heterocycles. The van der Waals surface area contributed by atoms with Crippen molar-refractivity contribution >= 4 is 10.0 Å². The summed E-state index contributed by atoms with van der Waals surface area (Å²) in [6.45, 7) is 1.67. The van der Waals surface area contributed by atoms with Crippen molar-refractivity contribution in [2.24, 2.45) is 0 Å². The number of nitrogens with zero attached hydrogens (tertiary/aromatic N) is 1. The fourth-order valence-electron chi connectivity index (χ4n) is 1.95. The maximum absolute atomic E-state index is 11.8. The largest absolute Gasteiger partial charge is 0.313 e. The van der Waals surface area contributed by atoms with Crippen LogP contribution in [0.4, 0.5) is 0 Å². The van der Waals surface area contributed by atoms with Gasteiger partial charge in [-0.1, -0.05) is 0 Å². The Balaban J connectivity index is 1.90. The van der Waals surface area contributed by atoms with Gasteiger partial charge in [0.05, 0.1) is 5.25 Å². The van der Waals surface area contributed by atoms with E-state index in [0.717, 1.165) is 25.8 Å². The third-order valence-electron chi connectivity index (χ3n) is 3.02. The van der Waals surface area contributed by atoms with Crippen LogP contribution in [-0.2, 0) is 10.0 Å². The lowest BCUT2D eigenvalue weighted by atomic mass is 10.2. The highest BCUT2D eigenvalue weighted by Gasteiger charge is 2.39. The Morgan fingerprint density at radius 1 is 1.36 bits per heavy atom. The van der Waals surface area contributed by atoms with Crippen LogP contribution in [0.2, 0.25) is 0 Å². The van der Waals surface area contributed by atoms with E-state index in [9.17, 15) is 8.42 Å². The molecule has 0 aromatic rings. The Hall–Kier alpha value is -0.130. The number of rotatable bonds is 4. The summed E-state index contributed by atoms with van der Waals surface area (Å²) in [5, 5.41) is 3.24. The number of hydrogen-bond acceptors (Lipinski definition) is 3. The van der Waals surface area contributed by atoms with Crippen molar-refractivity contribution in [2.45, 2.75) is 37.0 Å². The molecule has 0 unspecified atom stereocenters. The number of sulfonamides is 1. The topological polar surface area (TPSA) is 49.4 Å². The fourth-order valence-corrected chi connectivity index (χ4v) is 3.58. The Morgan fingerprint density at radius 2 is 2.07 bits per heavy atom. The van der Waals surface area contributed by atoms with Crippen molar-refractivity contribution in [1.29, 1.82) is 0 Å². The van der Waals surface area contributed by atoms with Crippen molar-refractivity contribution in [3.05, 3.63) is 0 Å². The summed E-state index contributed by atoms with van der Waals surface area (Å²) >= 11 is 0. The van der Waals surface area contributed by atoms with Gasteiger partial charge in [0.25, 0.3) is 0 Å². The zero-order valence-electron chi connectivity index (χ0n) is 8.57. The zero-order valence-corrected chi connectivity index (χ0v) is 9.39. The van der Waals surface area contributed by atoms with E-state index in [2.05, 4.69) is 5.32 Å². The van der Waals surface area contributed by atoms with Crippen molar-refractivity contribution in [2.75, 3.05) is 20.1 Å². The summed E-state index contributed by atoms with van der Waals surface area (Å²) in [7, 11) is -1.26. The molecule has 0 aromatic heterocycles. The number of nitrogens with one attached hydrogen (secondary N) is 1. The molecule has 2 rings (SSSR count). The molecular weight excluding hydrogens is 200 g/mol. The van der Waals surface area contributed by atoms with E-state index in [1.54, 1.807) is 7.05 Å². The van der Waals surface area contributed by atoms with Gasteiger partial charge in [-0.15, -0.1) is 0 Å². The van der Waals surface area contributed by atoms with Gasteiger partial charge >= 0.3 is 0 Å². The molecule has 0 radical (unpaired) electrons. The van der Waals surface area contributed by atoms with E-state index in [0.29, 0.717) is 12.6 Å². The molecule has 1 atom stereocenters. The van der Waals surface area contributed by atoms with Crippen LogP contribution in [-0.4, -0.2) is 44.2 Å². The van der Waals surface area contributed by atoms with E-state index >= 15 is 0 Å². The van der Waals surface area contributed by atoms with Crippen LogP contribution >= 0.6 is 0 Å². The molecule has 0 spiro atoms. The first kappa shape index (κ1) is 10.4. The molecular formula is C9H18N2O2S. The molecule has 0 amide bonds. The van der Waals surface area contributed by atoms with Gasteiger partial charge in [-0.25, -0.2) is 12.7 Å². The third-order valence-corrected chi connectivity index (χ3v) is 5.35. The highest BCUT2D eigenvalue weighted by atomic mass is 32.2. The summed E-state index contributed by atoms with van der Waals surface area (Å²) in [6, 6.07) is 0.369. The normalized spacial score (nSPS) is 28.6. The van der Waals surface area contributed by atoms with Crippen LogP contribution in [0.3, 0.4) is 0 Å². The van der Waals surface area contributed by atoms with E-state index in [1.165, 1.54) is 10.7 Å². The standard InChI is InChI=1S/C9H18N2O2S/c1-11(7-8-3-2-6-10-8)14(12,13)9-4-5-9/h8-10H,2-7H2,1H3/t8-/m0/s1. The molecule has 1 aliphatic carbocycles. The number of hydrogen-bond donors (Lipinski definition) is 1. The maximum Gasteiger partial charge on any atom is 0.216 e. The first-order valence-electron chi connectivity index (χ1n) is 5.29. The molecule has 5 heteroatoms. The molecule has 2 fully saturated rings. The zero-order chi connectivity index (χ0) is 10.2. The fraction of sp³-hybridized carbons (Fsp3) is 1.00. The van der Waals surface area contributed by atoms with E-state index < -0.39 is 10.0 Å². The maximum atomic E-state index is 11.8. The van der Waals surface area contributed by atoms with Crippen LogP contribution in [0.5, 0.6) is 0 Å². The van der Waals surface area contributed by atoms with Gasteiger partial charge < -0.3 is 5.32 Å². The smallest absolute Gasteiger partial charge is 0.216 e. The molecule has 2 aliphatic rings. The van der Waals surface area contributed by atoms with Crippen molar-refractivity contribution in [3.8, 4) is 0 Å². The van der Waals surface area contributed by atoms with Crippen molar-refractivity contribution < 1.29 is 8.42 Å². The SMILES string of the molecule is CN(C[C@@H]1CCCN1)S(=O)(=O)C1CC1. The lowest BCUT2D eigenvalue weighted by Gasteiger charge is -2.20. The second kappa shape index (κ2) is 3.79. The molecule has 4 nitrogen and oxygen atoms in total. The quantitative estimate of drug-likeness (QED) is 0.731. The average Bonchev–Trinajstić information content (AvgIpc) is 2.88. The highest BCUT2D eigenvalue weighted by Crippen LogP contribution is 2.30. The monoisotopic (exact) mass is 218 g/mol. The average molecular weight is 218 g/mol. The Kier molecular flexibility index (Phi) is 2.81. The predicted octanol–water partition coefficient (Wildman–Crippen LogP) is 0.162. The lowest BCUT2D eigenvalue weighted by molar-refractivity contribution is 0.416. The molecule has 1 N–H and O–H groups in total. The Labute approximate surface area is 85.7 Å². The van der Waals surface area contributed by atoms with E-state index in [1.807, 2.05) is 0 Å². The minimum atomic E-state index is -2.96. The van der Waals surface area contributed by atoms with Crippen LogP contribution in [0.25, 0.3) is 0 Å². The predicted molar refractivity (Wildman–Crippen MR) is 55.6 cm³/mol. The second-order valence-corrected chi connectivity index (χ2v) is 6.64. The summed E-state index contributed by atoms with van der Waals surface area (Å²) in [5.41, 5.74) is 0. The van der Waals surface area contributed by atoms with Gasteiger partial charge in [-0.2, -0.15) is 0 Å². The van der Waals surface area contributed by atoms with Crippen molar-refractivity contribution in [3.63, 3.8) is 0 Å². The number of likely N-dealkylation sites (N-methyl/N-ethyl adjacent to an activating group) is 1. The Morgan fingerprint density at radius 3 is 2.57 bits per heavy atom. The first-order chi connectivity index (χ1) is 6.60. The van der Waals surface area contributed by atoms with E-state index in [-0.39, 0.29) is 5.25 Å². The van der Waals surface area contributed by atoms with Crippen LogP contribution in [0.1, 0.15) is 25.7 Å². The van der Waals surface area contributed by atoms with Crippen LogP contribution in [0, 0.1) is 0 Å². The lowest BCUT2D eigenvalue weighted by Crippen LogP contribution is -2.40. The second-order valence-electron chi connectivity index (χ2n) is 4.32. The molecule has 0 bridgehead atoms. The van der Waals surface area contributed by atoms with Crippen LogP contribution in [0.15, 0.2) is 0 Å². The minimum absolute atomic E-state index is 0.0751. The van der Waals surface area contributed by atoms with E-state index in [4.69, 9.17) is 0 Å².